The van der Waals surface area contributed by atoms with Gasteiger partial charge >= 0.3 is 0 Å². The summed E-state index contributed by atoms with van der Waals surface area (Å²) in [6.07, 6.45) is 2.50. The zero-order chi connectivity index (χ0) is 20.2. The highest BCUT2D eigenvalue weighted by atomic mass is 127. The lowest BCUT2D eigenvalue weighted by atomic mass is 10.1. The standard InChI is InChI=1S/C21H28FN3O3.HI/c1-26-19-10-5-16(15-20(19)27-2)11-13-25-21(23)24-12-3-4-14-28-18-8-6-17(22)7-9-18;/h5-10,15H,3-4,11-14H2,1-2H3,(H3,23,24,25);1H. The molecule has 0 atom stereocenters. The first kappa shape index (κ1) is 24.8. The van der Waals surface area contributed by atoms with Gasteiger partial charge in [-0.1, -0.05) is 6.07 Å². The molecule has 3 N–H and O–H groups in total. The van der Waals surface area contributed by atoms with Crippen LogP contribution in [0.5, 0.6) is 17.2 Å². The van der Waals surface area contributed by atoms with Gasteiger partial charge in [-0.3, -0.25) is 4.99 Å². The number of nitrogens with one attached hydrogen (secondary N) is 1. The molecular formula is C21H29FIN3O3. The summed E-state index contributed by atoms with van der Waals surface area (Å²) in [6.45, 7) is 1.87. The Hall–Kier alpha value is -2.23. The van der Waals surface area contributed by atoms with Gasteiger partial charge in [0.2, 0.25) is 0 Å². The summed E-state index contributed by atoms with van der Waals surface area (Å²) in [4.78, 5) is 4.31. The van der Waals surface area contributed by atoms with Crippen molar-refractivity contribution in [3.8, 4) is 17.2 Å². The minimum absolute atomic E-state index is 0. The summed E-state index contributed by atoms with van der Waals surface area (Å²) in [5.41, 5.74) is 7.01. The number of benzene rings is 2. The molecule has 0 saturated carbocycles. The molecule has 0 aliphatic rings. The minimum Gasteiger partial charge on any atom is -0.494 e. The first-order chi connectivity index (χ1) is 13.6. The van der Waals surface area contributed by atoms with Crippen molar-refractivity contribution in [1.82, 2.24) is 5.32 Å². The molecule has 160 valence electrons. The van der Waals surface area contributed by atoms with Gasteiger partial charge in [0.1, 0.15) is 11.6 Å². The molecule has 0 bridgehead atoms. The highest BCUT2D eigenvalue weighted by molar-refractivity contribution is 14.0. The summed E-state index contributed by atoms with van der Waals surface area (Å²) >= 11 is 0. The van der Waals surface area contributed by atoms with Crippen LogP contribution < -0.4 is 25.3 Å². The van der Waals surface area contributed by atoms with E-state index in [1.165, 1.54) is 12.1 Å². The maximum atomic E-state index is 12.8. The number of nitrogens with zero attached hydrogens (tertiary/aromatic N) is 1. The number of halogens is 2. The Kier molecular flexibility index (Phi) is 11.9. The molecule has 0 heterocycles. The van der Waals surface area contributed by atoms with E-state index >= 15 is 0 Å². The average Bonchev–Trinajstić information content (AvgIpc) is 2.71. The number of aliphatic imine (C=N–C) groups is 1. The van der Waals surface area contributed by atoms with Crippen LogP contribution in [0.3, 0.4) is 0 Å². The molecule has 29 heavy (non-hydrogen) atoms. The predicted molar refractivity (Wildman–Crippen MR) is 124 cm³/mol. The third kappa shape index (κ3) is 9.21. The van der Waals surface area contributed by atoms with Gasteiger partial charge in [0.15, 0.2) is 17.5 Å². The Labute approximate surface area is 188 Å². The van der Waals surface area contributed by atoms with Gasteiger partial charge in [0.25, 0.3) is 0 Å². The molecule has 0 unspecified atom stereocenters. The molecule has 6 nitrogen and oxygen atoms in total. The summed E-state index contributed by atoms with van der Waals surface area (Å²) < 4.78 is 28.9. The predicted octanol–water partition coefficient (Wildman–Crippen LogP) is 3.77. The lowest BCUT2D eigenvalue weighted by molar-refractivity contribution is 0.307. The molecule has 0 fully saturated rings. The number of hydrogen-bond acceptors (Lipinski definition) is 4. The molecule has 0 aliphatic carbocycles. The second kappa shape index (κ2) is 13.9. The molecule has 8 heteroatoms. The molecule has 0 aromatic heterocycles. The van der Waals surface area contributed by atoms with Crippen LogP contribution in [0.25, 0.3) is 0 Å². The van der Waals surface area contributed by atoms with E-state index in [1.54, 1.807) is 26.4 Å². The van der Waals surface area contributed by atoms with Gasteiger partial charge < -0.3 is 25.3 Å². The van der Waals surface area contributed by atoms with Crippen LogP contribution in [0, 0.1) is 5.82 Å². The number of hydrogen-bond donors (Lipinski definition) is 2. The van der Waals surface area contributed by atoms with Crippen molar-refractivity contribution in [2.45, 2.75) is 19.3 Å². The van der Waals surface area contributed by atoms with Crippen LogP contribution in [0.2, 0.25) is 0 Å². The number of rotatable bonds is 11. The van der Waals surface area contributed by atoms with Crippen molar-refractivity contribution in [3.05, 3.63) is 53.8 Å². The number of nitrogens with two attached hydrogens (primary N) is 1. The first-order valence-corrected chi connectivity index (χ1v) is 9.25. The fourth-order valence-electron chi connectivity index (χ4n) is 2.56. The number of methoxy groups -OCH3 is 2. The Balaban J connectivity index is 0.00000420. The van der Waals surface area contributed by atoms with Gasteiger partial charge in [-0.05, 0) is 61.2 Å². The zero-order valence-electron chi connectivity index (χ0n) is 16.8. The third-order valence-electron chi connectivity index (χ3n) is 4.08. The van der Waals surface area contributed by atoms with Crippen molar-refractivity contribution >= 4 is 29.9 Å². The van der Waals surface area contributed by atoms with Crippen molar-refractivity contribution < 1.29 is 18.6 Å². The normalized spacial score (nSPS) is 10.8. The molecule has 2 rings (SSSR count). The Bertz CT molecular complexity index is 757. The molecule has 0 aliphatic heterocycles. The number of guanidine groups is 1. The topological polar surface area (TPSA) is 78.1 Å². The fraction of sp³-hybridized carbons (Fsp3) is 0.381. The van der Waals surface area contributed by atoms with E-state index in [2.05, 4.69) is 10.3 Å². The molecule has 2 aromatic carbocycles. The van der Waals surface area contributed by atoms with Crippen LogP contribution >= 0.6 is 24.0 Å². The highest BCUT2D eigenvalue weighted by Crippen LogP contribution is 2.27. The lowest BCUT2D eigenvalue weighted by Crippen LogP contribution is -2.33. The summed E-state index contributed by atoms with van der Waals surface area (Å²) in [5, 5.41) is 3.11. The van der Waals surface area contributed by atoms with Crippen molar-refractivity contribution in [1.29, 1.82) is 0 Å². The van der Waals surface area contributed by atoms with E-state index in [1.807, 2.05) is 18.2 Å². The van der Waals surface area contributed by atoms with Gasteiger partial charge in [0, 0.05) is 13.1 Å². The lowest BCUT2D eigenvalue weighted by Gasteiger charge is -2.10. The summed E-state index contributed by atoms with van der Waals surface area (Å²) in [6, 6.07) is 11.8. The molecule has 2 aromatic rings. The Morgan fingerprint density at radius 1 is 1.03 bits per heavy atom. The highest BCUT2D eigenvalue weighted by Gasteiger charge is 2.04. The maximum absolute atomic E-state index is 12.8. The monoisotopic (exact) mass is 517 g/mol. The average molecular weight is 517 g/mol. The van der Waals surface area contributed by atoms with Crippen molar-refractivity contribution in [3.63, 3.8) is 0 Å². The smallest absolute Gasteiger partial charge is 0.188 e. The second-order valence-electron chi connectivity index (χ2n) is 6.14. The van der Waals surface area contributed by atoms with Gasteiger partial charge in [-0.15, -0.1) is 24.0 Å². The van der Waals surface area contributed by atoms with Crippen LogP contribution in [0.15, 0.2) is 47.5 Å². The Morgan fingerprint density at radius 2 is 1.76 bits per heavy atom. The van der Waals surface area contributed by atoms with E-state index < -0.39 is 0 Å². The summed E-state index contributed by atoms with van der Waals surface area (Å²) in [5.74, 6) is 2.25. The van der Waals surface area contributed by atoms with E-state index in [9.17, 15) is 4.39 Å². The quantitative estimate of drug-likeness (QED) is 0.206. The maximum Gasteiger partial charge on any atom is 0.188 e. The number of ether oxygens (including phenoxy) is 3. The van der Waals surface area contributed by atoms with Gasteiger partial charge in [-0.25, -0.2) is 4.39 Å². The third-order valence-corrected chi connectivity index (χ3v) is 4.08. The SMILES string of the molecule is COc1ccc(CCNC(N)=NCCCCOc2ccc(F)cc2)cc1OC.I. The van der Waals surface area contributed by atoms with Crippen molar-refractivity contribution in [2.75, 3.05) is 33.9 Å². The first-order valence-electron chi connectivity index (χ1n) is 9.25. The number of unbranched alkanes of at least 4 members (excludes halogenated alkanes) is 1. The second-order valence-corrected chi connectivity index (χ2v) is 6.14. The van der Waals surface area contributed by atoms with E-state index in [-0.39, 0.29) is 29.8 Å². The van der Waals surface area contributed by atoms with E-state index in [0.29, 0.717) is 42.9 Å². The fourth-order valence-corrected chi connectivity index (χ4v) is 2.56. The van der Waals surface area contributed by atoms with Crippen LogP contribution in [-0.2, 0) is 6.42 Å². The summed E-state index contributed by atoms with van der Waals surface area (Å²) in [7, 11) is 3.24. The Morgan fingerprint density at radius 3 is 2.45 bits per heavy atom. The van der Waals surface area contributed by atoms with E-state index in [0.717, 1.165) is 24.8 Å². The molecular weight excluding hydrogens is 488 g/mol. The minimum atomic E-state index is -0.268. The van der Waals surface area contributed by atoms with E-state index in [4.69, 9.17) is 19.9 Å². The van der Waals surface area contributed by atoms with Crippen molar-refractivity contribution in [2.24, 2.45) is 10.7 Å². The zero-order valence-corrected chi connectivity index (χ0v) is 19.1. The van der Waals surface area contributed by atoms with Crippen LogP contribution in [0.4, 0.5) is 4.39 Å². The largest absolute Gasteiger partial charge is 0.494 e. The molecule has 0 radical (unpaired) electrons. The molecule has 0 saturated heterocycles. The molecule has 0 spiro atoms. The van der Waals surface area contributed by atoms with Crippen LogP contribution in [0.1, 0.15) is 18.4 Å². The van der Waals surface area contributed by atoms with Gasteiger partial charge in [-0.2, -0.15) is 0 Å². The van der Waals surface area contributed by atoms with Gasteiger partial charge in [0.05, 0.1) is 20.8 Å². The van der Waals surface area contributed by atoms with Crippen LogP contribution in [-0.4, -0.2) is 39.9 Å². The molecule has 0 amide bonds.